The molecule has 0 bridgehead atoms. The lowest BCUT2D eigenvalue weighted by atomic mass is 10.0. The van der Waals surface area contributed by atoms with E-state index in [4.69, 9.17) is 5.11 Å². The minimum Gasteiger partial charge on any atom is -0.396 e. The van der Waals surface area contributed by atoms with Gasteiger partial charge in [-0.3, -0.25) is 19.7 Å². The van der Waals surface area contributed by atoms with Gasteiger partial charge in [0.2, 0.25) is 11.8 Å². The Kier molecular flexibility index (Phi) is 3.94. The number of aryl methyl sites for hydroxylation is 1. The summed E-state index contributed by atoms with van der Waals surface area (Å²) in [6.07, 6.45) is 2.08. The van der Waals surface area contributed by atoms with Gasteiger partial charge < -0.3 is 10.0 Å². The molecule has 1 fully saturated rings. The van der Waals surface area contributed by atoms with E-state index in [0.29, 0.717) is 24.9 Å². The molecule has 1 aromatic carbocycles. The Bertz CT molecular complexity index is 641. The minimum absolute atomic E-state index is 0.137. The monoisotopic (exact) mass is 302 g/mol. The second-order valence-electron chi connectivity index (χ2n) is 5.72. The van der Waals surface area contributed by atoms with Crippen molar-refractivity contribution in [1.29, 1.82) is 0 Å². The molecule has 116 valence electrons. The van der Waals surface area contributed by atoms with Gasteiger partial charge in [-0.05, 0) is 36.5 Å². The molecule has 0 radical (unpaired) electrons. The number of aliphatic hydroxyl groups excluding tert-OH is 1. The zero-order valence-corrected chi connectivity index (χ0v) is 12.2. The Hall–Kier alpha value is -2.21. The average molecular weight is 302 g/mol. The van der Waals surface area contributed by atoms with Crippen molar-refractivity contribution in [3.05, 3.63) is 34.9 Å². The maximum atomic E-state index is 12.5. The van der Waals surface area contributed by atoms with Crippen molar-refractivity contribution in [3.63, 3.8) is 0 Å². The highest BCUT2D eigenvalue weighted by Gasteiger charge is 2.38. The number of aliphatic hydroxyl groups is 1. The molecule has 0 aromatic heterocycles. The molecule has 6 heteroatoms. The molecule has 2 aliphatic heterocycles. The summed E-state index contributed by atoms with van der Waals surface area (Å²) in [5, 5.41) is 11.2. The number of amides is 3. The first-order valence-electron chi connectivity index (χ1n) is 7.47. The Morgan fingerprint density at radius 1 is 1.27 bits per heavy atom. The second-order valence-corrected chi connectivity index (χ2v) is 5.72. The van der Waals surface area contributed by atoms with Gasteiger partial charge in [-0.25, -0.2) is 0 Å². The molecular weight excluding hydrogens is 284 g/mol. The Balaban J connectivity index is 1.78. The number of carbonyl (C=O) groups excluding carboxylic acids is 3. The van der Waals surface area contributed by atoms with Gasteiger partial charge in [0.25, 0.3) is 5.91 Å². The van der Waals surface area contributed by atoms with Crippen LogP contribution in [-0.2, 0) is 22.6 Å². The van der Waals surface area contributed by atoms with Crippen LogP contribution in [0, 0.1) is 0 Å². The molecule has 1 unspecified atom stereocenters. The second kappa shape index (κ2) is 5.88. The summed E-state index contributed by atoms with van der Waals surface area (Å²) >= 11 is 0. The summed E-state index contributed by atoms with van der Waals surface area (Å²) in [5.74, 6) is -0.826. The van der Waals surface area contributed by atoms with Gasteiger partial charge in [0.1, 0.15) is 6.04 Å². The van der Waals surface area contributed by atoms with Crippen molar-refractivity contribution in [3.8, 4) is 0 Å². The van der Waals surface area contributed by atoms with Crippen molar-refractivity contribution < 1.29 is 19.5 Å². The van der Waals surface area contributed by atoms with Crippen LogP contribution in [-0.4, -0.2) is 40.4 Å². The van der Waals surface area contributed by atoms with Gasteiger partial charge in [0.15, 0.2) is 0 Å². The molecule has 1 aromatic rings. The van der Waals surface area contributed by atoms with Crippen LogP contribution < -0.4 is 5.32 Å². The fourth-order valence-corrected chi connectivity index (χ4v) is 3.07. The quantitative estimate of drug-likeness (QED) is 0.787. The van der Waals surface area contributed by atoms with E-state index in [1.54, 1.807) is 11.0 Å². The molecule has 3 amide bonds. The van der Waals surface area contributed by atoms with Crippen molar-refractivity contribution >= 4 is 17.7 Å². The lowest BCUT2D eigenvalue weighted by Gasteiger charge is -2.29. The maximum absolute atomic E-state index is 12.5. The van der Waals surface area contributed by atoms with Crippen molar-refractivity contribution in [2.75, 3.05) is 6.61 Å². The Labute approximate surface area is 128 Å². The molecule has 2 N–H and O–H groups in total. The molecule has 1 saturated heterocycles. The number of fused-ring (bicyclic) bond motifs is 1. The lowest BCUT2D eigenvalue weighted by molar-refractivity contribution is -0.136. The van der Waals surface area contributed by atoms with E-state index in [-0.39, 0.29) is 24.8 Å². The number of hydrogen-bond donors (Lipinski definition) is 2. The third-order valence-electron chi connectivity index (χ3n) is 4.21. The third-order valence-corrected chi connectivity index (χ3v) is 4.21. The molecule has 2 heterocycles. The molecule has 3 rings (SSSR count). The van der Waals surface area contributed by atoms with E-state index in [0.717, 1.165) is 17.5 Å². The summed E-state index contributed by atoms with van der Waals surface area (Å²) < 4.78 is 0. The van der Waals surface area contributed by atoms with Gasteiger partial charge in [-0.1, -0.05) is 12.1 Å². The molecule has 6 nitrogen and oxygen atoms in total. The predicted molar refractivity (Wildman–Crippen MR) is 77.9 cm³/mol. The van der Waals surface area contributed by atoms with Crippen LogP contribution in [0.1, 0.15) is 40.7 Å². The lowest BCUT2D eigenvalue weighted by Crippen LogP contribution is -2.52. The normalized spacial score (nSPS) is 21.0. The molecule has 0 saturated carbocycles. The number of rotatable bonds is 4. The fourth-order valence-electron chi connectivity index (χ4n) is 3.07. The summed E-state index contributed by atoms with van der Waals surface area (Å²) in [5.41, 5.74) is 2.60. The smallest absolute Gasteiger partial charge is 0.255 e. The van der Waals surface area contributed by atoms with Crippen molar-refractivity contribution in [2.24, 2.45) is 0 Å². The largest absolute Gasteiger partial charge is 0.396 e. The zero-order chi connectivity index (χ0) is 15.7. The molecule has 22 heavy (non-hydrogen) atoms. The number of carbonyl (C=O) groups is 3. The SMILES string of the molecule is O=C1CCC(N2Cc3cc(CCCO)ccc3C2=O)C(=O)N1. The van der Waals surface area contributed by atoms with Gasteiger partial charge in [-0.2, -0.15) is 0 Å². The Morgan fingerprint density at radius 3 is 2.82 bits per heavy atom. The van der Waals surface area contributed by atoms with Gasteiger partial charge in [0.05, 0.1) is 0 Å². The highest BCUT2D eigenvalue weighted by atomic mass is 16.3. The zero-order valence-electron chi connectivity index (χ0n) is 12.2. The van der Waals surface area contributed by atoms with E-state index < -0.39 is 11.9 Å². The summed E-state index contributed by atoms with van der Waals surface area (Å²) in [4.78, 5) is 37.2. The first kappa shape index (κ1) is 14.7. The molecule has 0 aliphatic carbocycles. The number of imide groups is 1. The van der Waals surface area contributed by atoms with Gasteiger partial charge in [0, 0.05) is 25.1 Å². The van der Waals surface area contributed by atoms with Crippen LogP contribution in [0.4, 0.5) is 0 Å². The first-order chi connectivity index (χ1) is 10.6. The van der Waals surface area contributed by atoms with Crippen LogP contribution in [0.25, 0.3) is 0 Å². The standard InChI is InChI=1S/C16H18N2O4/c19-7-1-2-10-3-4-12-11(8-10)9-18(16(12)22)13-5-6-14(20)17-15(13)21/h3-4,8,13,19H,1-2,5-7,9H2,(H,17,20,21). The summed E-state index contributed by atoms with van der Waals surface area (Å²) in [7, 11) is 0. The number of nitrogens with zero attached hydrogens (tertiary/aromatic N) is 1. The van der Waals surface area contributed by atoms with E-state index in [1.165, 1.54) is 0 Å². The van der Waals surface area contributed by atoms with Crippen LogP contribution in [0.2, 0.25) is 0 Å². The van der Waals surface area contributed by atoms with Gasteiger partial charge in [-0.15, -0.1) is 0 Å². The predicted octanol–water partition coefficient (Wildman–Crippen LogP) is 0.373. The summed E-state index contributed by atoms with van der Waals surface area (Å²) in [6, 6.07) is 5.07. The first-order valence-corrected chi connectivity index (χ1v) is 7.47. The van der Waals surface area contributed by atoms with E-state index in [9.17, 15) is 14.4 Å². The molecule has 2 aliphatic rings. The average Bonchev–Trinajstić information content (AvgIpc) is 2.82. The fraction of sp³-hybridized carbons (Fsp3) is 0.438. The van der Waals surface area contributed by atoms with Crippen LogP contribution in [0.15, 0.2) is 18.2 Å². The van der Waals surface area contributed by atoms with E-state index >= 15 is 0 Å². The maximum Gasteiger partial charge on any atom is 0.255 e. The van der Waals surface area contributed by atoms with Crippen molar-refractivity contribution in [1.82, 2.24) is 10.2 Å². The number of nitrogens with one attached hydrogen (secondary N) is 1. The minimum atomic E-state index is -0.571. The topological polar surface area (TPSA) is 86.7 Å². The van der Waals surface area contributed by atoms with E-state index in [1.807, 2.05) is 12.1 Å². The number of hydrogen-bond acceptors (Lipinski definition) is 4. The highest BCUT2D eigenvalue weighted by molar-refractivity contribution is 6.05. The summed E-state index contributed by atoms with van der Waals surface area (Å²) in [6.45, 7) is 0.534. The number of benzene rings is 1. The van der Waals surface area contributed by atoms with E-state index in [2.05, 4.69) is 5.32 Å². The highest BCUT2D eigenvalue weighted by Crippen LogP contribution is 2.28. The van der Waals surface area contributed by atoms with Crippen LogP contribution >= 0.6 is 0 Å². The molecule has 1 atom stereocenters. The number of piperidine rings is 1. The molecular formula is C16H18N2O4. The third kappa shape index (κ3) is 2.62. The van der Waals surface area contributed by atoms with Crippen LogP contribution in [0.3, 0.4) is 0 Å². The molecule has 0 spiro atoms. The van der Waals surface area contributed by atoms with Crippen molar-refractivity contribution in [2.45, 2.75) is 38.3 Å². The Morgan fingerprint density at radius 2 is 2.09 bits per heavy atom. The van der Waals surface area contributed by atoms with Gasteiger partial charge >= 0.3 is 0 Å². The van der Waals surface area contributed by atoms with Crippen LogP contribution in [0.5, 0.6) is 0 Å².